The summed E-state index contributed by atoms with van der Waals surface area (Å²) in [5.74, 6) is -0.927. The van der Waals surface area contributed by atoms with Gasteiger partial charge in [-0.25, -0.2) is 8.78 Å². The Morgan fingerprint density at radius 2 is 1.17 bits per heavy atom. The number of benzene rings is 3. The molecule has 0 aliphatic rings. The quantitative estimate of drug-likeness (QED) is 0.638. The largest absolute Gasteiger partial charge is 0.376 e. The van der Waals surface area contributed by atoms with E-state index in [4.69, 9.17) is 0 Å². The van der Waals surface area contributed by atoms with Gasteiger partial charge in [-0.15, -0.1) is 0 Å². The molecule has 0 spiro atoms. The zero-order valence-electron chi connectivity index (χ0n) is 12.0. The summed E-state index contributed by atoms with van der Waals surface area (Å²) in [6.45, 7) is 0. The highest BCUT2D eigenvalue weighted by Gasteiger charge is 2.34. The van der Waals surface area contributed by atoms with Gasteiger partial charge < -0.3 is 5.11 Å². The summed E-state index contributed by atoms with van der Waals surface area (Å²) in [6, 6.07) is 18.4. The third-order valence-electron chi connectivity index (χ3n) is 3.75. The minimum absolute atomic E-state index is 0.338. The first-order valence-electron chi connectivity index (χ1n) is 7.00. The standard InChI is InChI=1S/C19H13BrF2O/c20-16-9-7-13(8-10-16)19(23,14-3-1-5-17(21)11-14)15-4-2-6-18(22)12-15/h1-12,23H. The molecule has 0 saturated heterocycles. The number of rotatable bonds is 3. The van der Waals surface area contributed by atoms with Gasteiger partial charge in [-0.2, -0.15) is 0 Å². The van der Waals surface area contributed by atoms with Crippen molar-refractivity contribution in [1.29, 1.82) is 0 Å². The van der Waals surface area contributed by atoms with Crippen LogP contribution < -0.4 is 0 Å². The fraction of sp³-hybridized carbons (Fsp3) is 0.0526. The predicted octanol–water partition coefficient (Wildman–Crippen LogP) is 5.01. The summed E-state index contributed by atoms with van der Waals surface area (Å²) in [5.41, 5.74) is -0.446. The van der Waals surface area contributed by atoms with Crippen LogP contribution in [0, 0.1) is 11.6 Å². The van der Waals surface area contributed by atoms with Crippen molar-refractivity contribution in [2.45, 2.75) is 5.60 Å². The van der Waals surface area contributed by atoms with Gasteiger partial charge in [0.2, 0.25) is 0 Å². The summed E-state index contributed by atoms with van der Waals surface area (Å²) in [5, 5.41) is 11.4. The van der Waals surface area contributed by atoms with Crippen LogP contribution in [0.1, 0.15) is 16.7 Å². The molecule has 1 N–H and O–H groups in total. The lowest BCUT2D eigenvalue weighted by molar-refractivity contribution is 0.125. The molecule has 0 heterocycles. The van der Waals surface area contributed by atoms with Gasteiger partial charge in [0.25, 0.3) is 0 Å². The minimum atomic E-state index is -1.65. The lowest BCUT2D eigenvalue weighted by atomic mass is 9.80. The first kappa shape index (κ1) is 15.8. The molecule has 0 aliphatic heterocycles. The third-order valence-corrected chi connectivity index (χ3v) is 4.28. The number of hydrogen-bond acceptors (Lipinski definition) is 1. The van der Waals surface area contributed by atoms with Gasteiger partial charge in [-0.05, 0) is 53.1 Å². The lowest BCUT2D eigenvalue weighted by Gasteiger charge is -2.30. The summed E-state index contributed by atoms with van der Waals surface area (Å²) < 4.78 is 28.2. The van der Waals surface area contributed by atoms with Gasteiger partial charge in [0.15, 0.2) is 0 Å². The molecular weight excluding hydrogens is 362 g/mol. The normalized spacial score (nSPS) is 11.5. The van der Waals surface area contributed by atoms with Crippen molar-refractivity contribution in [2.75, 3.05) is 0 Å². The maximum absolute atomic E-state index is 13.7. The molecule has 0 bridgehead atoms. The molecule has 0 fully saturated rings. The highest BCUT2D eigenvalue weighted by atomic mass is 79.9. The zero-order valence-corrected chi connectivity index (χ0v) is 13.6. The number of aliphatic hydroxyl groups is 1. The van der Waals surface area contributed by atoms with Crippen LogP contribution in [0.15, 0.2) is 77.3 Å². The molecular formula is C19H13BrF2O. The van der Waals surface area contributed by atoms with E-state index in [1.165, 1.54) is 36.4 Å². The maximum Gasteiger partial charge on any atom is 0.140 e. The Morgan fingerprint density at radius 1 is 0.696 bits per heavy atom. The Morgan fingerprint density at radius 3 is 1.61 bits per heavy atom. The molecule has 0 aromatic heterocycles. The molecule has 0 radical (unpaired) electrons. The molecule has 0 saturated carbocycles. The summed E-state index contributed by atoms with van der Waals surface area (Å²) in [7, 11) is 0. The Kier molecular flexibility index (Phi) is 4.28. The fourth-order valence-corrected chi connectivity index (χ4v) is 2.88. The Hall–Kier alpha value is -2.04. The van der Waals surface area contributed by atoms with E-state index in [1.54, 1.807) is 36.4 Å². The zero-order chi connectivity index (χ0) is 16.4. The Balaban J connectivity index is 2.27. The summed E-state index contributed by atoms with van der Waals surface area (Å²) in [6.07, 6.45) is 0. The van der Waals surface area contributed by atoms with Crippen LogP contribution in [0.5, 0.6) is 0 Å². The van der Waals surface area contributed by atoms with E-state index < -0.39 is 17.2 Å². The van der Waals surface area contributed by atoms with Crippen molar-refractivity contribution in [3.05, 3.63) is 106 Å². The van der Waals surface area contributed by atoms with E-state index in [2.05, 4.69) is 15.9 Å². The van der Waals surface area contributed by atoms with Gasteiger partial charge in [0.05, 0.1) is 0 Å². The first-order chi connectivity index (χ1) is 11.0. The van der Waals surface area contributed by atoms with Crippen LogP contribution >= 0.6 is 15.9 Å². The topological polar surface area (TPSA) is 20.2 Å². The van der Waals surface area contributed by atoms with Crippen molar-refractivity contribution in [3.8, 4) is 0 Å². The molecule has 0 aliphatic carbocycles. The Labute approximate surface area is 141 Å². The van der Waals surface area contributed by atoms with Gasteiger partial charge in [0, 0.05) is 4.47 Å². The van der Waals surface area contributed by atoms with Gasteiger partial charge >= 0.3 is 0 Å². The van der Waals surface area contributed by atoms with E-state index >= 15 is 0 Å². The molecule has 4 heteroatoms. The number of hydrogen-bond donors (Lipinski definition) is 1. The molecule has 23 heavy (non-hydrogen) atoms. The van der Waals surface area contributed by atoms with Crippen molar-refractivity contribution < 1.29 is 13.9 Å². The second-order valence-electron chi connectivity index (χ2n) is 5.24. The average Bonchev–Trinajstić information content (AvgIpc) is 2.55. The first-order valence-corrected chi connectivity index (χ1v) is 7.80. The molecule has 116 valence electrons. The van der Waals surface area contributed by atoms with E-state index in [1.807, 2.05) is 0 Å². The molecule has 1 nitrogen and oxygen atoms in total. The maximum atomic E-state index is 13.7. The van der Waals surface area contributed by atoms with Crippen LogP contribution in [0.25, 0.3) is 0 Å². The molecule has 0 unspecified atom stereocenters. The van der Waals surface area contributed by atoms with Crippen LogP contribution in [0.3, 0.4) is 0 Å². The highest BCUT2D eigenvalue weighted by Crippen LogP contribution is 2.37. The molecule has 3 aromatic carbocycles. The monoisotopic (exact) mass is 374 g/mol. The smallest absolute Gasteiger partial charge is 0.140 e. The average molecular weight is 375 g/mol. The molecule has 3 rings (SSSR count). The van der Waals surface area contributed by atoms with Crippen LogP contribution in [-0.4, -0.2) is 5.11 Å². The predicted molar refractivity (Wildman–Crippen MR) is 89.0 cm³/mol. The molecule has 3 aromatic rings. The van der Waals surface area contributed by atoms with Crippen molar-refractivity contribution in [1.82, 2.24) is 0 Å². The van der Waals surface area contributed by atoms with Gasteiger partial charge in [-0.1, -0.05) is 52.3 Å². The van der Waals surface area contributed by atoms with Crippen LogP contribution in [-0.2, 0) is 5.60 Å². The SMILES string of the molecule is OC(c1ccc(Br)cc1)(c1cccc(F)c1)c1cccc(F)c1. The van der Waals surface area contributed by atoms with Crippen molar-refractivity contribution in [2.24, 2.45) is 0 Å². The van der Waals surface area contributed by atoms with Gasteiger partial charge in [0.1, 0.15) is 17.2 Å². The number of halogens is 3. The second-order valence-corrected chi connectivity index (χ2v) is 6.15. The highest BCUT2D eigenvalue weighted by molar-refractivity contribution is 9.10. The molecule has 0 amide bonds. The van der Waals surface area contributed by atoms with E-state index in [0.717, 1.165) is 4.47 Å². The van der Waals surface area contributed by atoms with E-state index in [-0.39, 0.29) is 0 Å². The molecule has 0 atom stereocenters. The van der Waals surface area contributed by atoms with E-state index in [9.17, 15) is 13.9 Å². The lowest BCUT2D eigenvalue weighted by Crippen LogP contribution is -2.29. The van der Waals surface area contributed by atoms with Gasteiger partial charge in [-0.3, -0.25) is 0 Å². The van der Waals surface area contributed by atoms with Crippen molar-refractivity contribution >= 4 is 15.9 Å². The summed E-state index contributed by atoms with van der Waals surface area (Å²) in [4.78, 5) is 0. The minimum Gasteiger partial charge on any atom is -0.376 e. The van der Waals surface area contributed by atoms with Crippen molar-refractivity contribution in [3.63, 3.8) is 0 Å². The van der Waals surface area contributed by atoms with Crippen LogP contribution in [0.2, 0.25) is 0 Å². The third kappa shape index (κ3) is 3.05. The van der Waals surface area contributed by atoms with E-state index in [0.29, 0.717) is 16.7 Å². The fourth-order valence-electron chi connectivity index (χ4n) is 2.62. The van der Waals surface area contributed by atoms with Crippen LogP contribution in [0.4, 0.5) is 8.78 Å². The second kappa shape index (κ2) is 6.22. The summed E-state index contributed by atoms with van der Waals surface area (Å²) >= 11 is 3.35. The Bertz CT molecular complexity index is 785.